The van der Waals surface area contributed by atoms with Crippen molar-refractivity contribution in [2.45, 2.75) is 32.2 Å². The highest BCUT2D eigenvalue weighted by atomic mass is 16.5. The van der Waals surface area contributed by atoms with Crippen LogP contribution < -0.4 is 10.5 Å². The zero-order chi connectivity index (χ0) is 16.4. The van der Waals surface area contributed by atoms with Gasteiger partial charge in [0.25, 0.3) is 5.91 Å². The Morgan fingerprint density at radius 2 is 2.17 bits per heavy atom. The number of rotatable bonds is 5. The summed E-state index contributed by atoms with van der Waals surface area (Å²) in [6.07, 6.45) is 6.23. The molecule has 5 nitrogen and oxygen atoms in total. The number of ether oxygens (including phenoxy) is 1. The summed E-state index contributed by atoms with van der Waals surface area (Å²) in [6.45, 7) is 4.71. The van der Waals surface area contributed by atoms with E-state index in [1.807, 2.05) is 18.2 Å². The number of nitrogens with two attached hydrogens (primary N) is 1. The Morgan fingerprint density at radius 3 is 2.96 bits per heavy atom. The number of benzene rings is 1. The van der Waals surface area contributed by atoms with E-state index in [-0.39, 0.29) is 17.9 Å². The minimum Gasteiger partial charge on any atom is -0.492 e. The lowest BCUT2D eigenvalue weighted by molar-refractivity contribution is 0.0999. The fraction of sp³-hybridized carbons (Fsp3) is 0.389. The SMILES string of the molecule is CC(C)C[C@H](N)COc1ccc2c(c1)C(=O)N=C1C=NC=CC12. The van der Waals surface area contributed by atoms with Crippen LogP contribution >= 0.6 is 0 Å². The first kappa shape index (κ1) is 15.6. The number of hydrogen-bond donors (Lipinski definition) is 1. The molecule has 0 radical (unpaired) electrons. The van der Waals surface area contributed by atoms with E-state index in [1.54, 1.807) is 18.5 Å². The summed E-state index contributed by atoms with van der Waals surface area (Å²) in [7, 11) is 0. The van der Waals surface area contributed by atoms with Crippen molar-refractivity contribution >= 4 is 17.8 Å². The fourth-order valence-electron chi connectivity index (χ4n) is 2.93. The van der Waals surface area contributed by atoms with E-state index in [9.17, 15) is 4.79 Å². The summed E-state index contributed by atoms with van der Waals surface area (Å²) in [5.74, 6) is 0.942. The third kappa shape index (κ3) is 3.40. The topological polar surface area (TPSA) is 77.0 Å². The van der Waals surface area contributed by atoms with Crippen molar-refractivity contribution in [2.75, 3.05) is 6.61 Å². The summed E-state index contributed by atoms with van der Waals surface area (Å²) in [6, 6.07) is 5.57. The second-order valence-corrected chi connectivity index (χ2v) is 6.39. The normalized spacial score (nSPS) is 20.1. The number of nitrogens with zero attached hydrogens (tertiary/aromatic N) is 2. The smallest absolute Gasteiger partial charge is 0.277 e. The molecule has 0 bridgehead atoms. The third-order valence-electron chi connectivity index (χ3n) is 3.95. The highest BCUT2D eigenvalue weighted by Gasteiger charge is 2.28. The van der Waals surface area contributed by atoms with Crippen molar-refractivity contribution in [1.29, 1.82) is 0 Å². The molecule has 0 saturated carbocycles. The molecule has 1 unspecified atom stereocenters. The van der Waals surface area contributed by atoms with Gasteiger partial charge in [-0.15, -0.1) is 0 Å². The minimum atomic E-state index is -0.245. The van der Waals surface area contributed by atoms with Gasteiger partial charge in [-0.2, -0.15) is 0 Å². The van der Waals surface area contributed by atoms with Gasteiger partial charge in [-0.25, -0.2) is 4.99 Å². The van der Waals surface area contributed by atoms with Crippen LogP contribution in [0.1, 0.15) is 42.1 Å². The zero-order valence-corrected chi connectivity index (χ0v) is 13.4. The van der Waals surface area contributed by atoms with Gasteiger partial charge in [0, 0.05) is 29.9 Å². The maximum atomic E-state index is 12.2. The first-order valence-electron chi connectivity index (χ1n) is 7.89. The summed E-state index contributed by atoms with van der Waals surface area (Å²) >= 11 is 0. The van der Waals surface area contributed by atoms with Gasteiger partial charge in [0.05, 0.1) is 5.71 Å². The molecular formula is C18H21N3O2. The monoisotopic (exact) mass is 311 g/mol. The number of carbonyl (C=O) groups is 1. The van der Waals surface area contributed by atoms with E-state index < -0.39 is 0 Å². The largest absolute Gasteiger partial charge is 0.492 e. The molecule has 0 saturated heterocycles. The predicted octanol–water partition coefficient (Wildman–Crippen LogP) is 2.72. The van der Waals surface area contributed by atoms with E-state index in [1.165, 1.54) is 0 Å². The lowest BCUT2D eigenvalue weighted by atomic mass is 9.86. The van der Waals surface area contributed by atoms with Crippen LogP contribution in [-0.4, -0.2) is 30.5 Å². The quantitative estimate of drug-likeness (QED) is 0.908. The average Bonchev–Trinajstić information content (AvgIpc) is 2.52. The molecule has 5 heteroatoms. The van der Waals surface area contributed by atoms with Crippen LogP contribution in [0.3, 0.4) is 0 Å². The first-order chi connectivity index (χ1) is 11.0. The summed E-state index contributed by atoms with van der Waals surface area (Å²) in [5, 5.41) is 0. The van der Waals surface area contributed by atoms with Crippen molar-refractivity contribution in [3.63, 3.8) is 0 Å². The van der Waals surface area contributed by atoms with Gasteiger partial charge in [0.2, 0.25) is 0 Å². The molecule has 2 aliphatic rings. The molecule has 1 amide bonds. The Balaban J connectivity index is 1.77. The number of aliphatic imine (C=N–C) groups is 2. The van der Waals surface area contributed by atoms with E-state index in [0.29, 0.717) is 29.5 Å². The Bertz CT molecular complexity index is 704. The Morgan fingerprint density at radius 1 is 1.35 bits per heavy atom. The molecule has 2 atom stereocenters. The summed E-state index contributed by atoms with van der Waals surface area (Å²) in [4.78, 5) is 20.4. The number of hydrogen-bond acceptors (Lipinski definition) is 4. The second-order valence-electron chi connectivity index (χ2n) is 6.39. The van der Waals surface area contributed by atoms with E-state index >= 15 is 0 Å². The molecule has 2 heterocycles. The van der Waals surface area contributed by atoms with Gasteiger partial charge in [0.1, 0.15) is 12.4 Å². The van der Waals surface area contributed by atoms with Crippen LogP contribution in [0.5, 0.6) is 5.75 Å². The Kier molecular flexibility index (Phi) is 4.39. The standard InChI is InChI=1S/C18H21N3O2/c1-11(2)7-12(19)10-23-13-3-4-14-15-5-6-20-9-17(15)21-18(22)16(14)8-13/h3-6,8-9,11-12,15H,7,10,19H2,1-2H3/t12-,15?/m0/s1. The maximum Gasteiger partial charge on any atom is 0.277 e. The average molecular weight is 311 g/mol. The van der Waals surface area contributed by atoms with Gasteiger partial charge < -0.3 is 10.5 Å². The molecule has 2 N–H and O–H groups in total. The molecule has 0 fully saturated rings. The van der Waals surface area contributed by atoms with Crippen molar-refractivity contribution in [1.82, 2.24) is 0 Å². The van der Waals surface area contributed by atoms with Crippen molar-refractivity contribution in [2.24, 2.45) is 21.6 Å². The van der Waals surface area contributed by atoms with Gasteiger partial charge in [-0.3, -0.25) is 9.79 Å². The molecule has 2 aliphatic heterocycles. The molecule has 120 valence electrons. The van der Waals surface area contributed by atoms with Crippen LogP contribution in [0.4, 0.5) is 0 Å². The second kappa shape index (κ2) is 6.46. The van der Waals surface area contributed by atoms with E-state index in [2.05, 4.69) is 23.8 Å². The van der Waals surface area contributed by atoms with Gasteiger partial charge in [-0.1, -0.05) is 26.0 Å². The van der Waals surface area contributed by atoms with Crippen LogP contribution in [0.25, 0.3) is 0 Å². The highest BCUT2D eigenvalue weighted by Crippen LogP contribution is 2.32. The molecule has 0 spiro atoms. The lowest BCUT2D eigenvalue weighted by Gasteiger charge is -2.23. The lowest BCUT2D eigenvalue weighted by Crippen LogP contribution is -2.29. The van der Waals surface area contributed by atoms with Gasteiger partial charge in [-0.05, 0) is 30.0 Å². The highest BCUT2D eigenvalue weighted by molar-refractivity contribution is 6.38. The Hall–Kier alpha value is -2.27. The van der Waals surface area contributed by atoms with E-state index in [0.717, 1.165) is 12.0 Å². The van der Waals surface area contributed by atoms with Crippen molar-refractivity contribution in [3.05, 3.63) is 41.6 Å². The van der Waals surface area contributed by atoms with Crippen LogP contribution in [0.2, 0.25) is 0 Å². The molecule has 3 rings (SSSR count). The number of allylic oxidation sites excluding steroid dienone is 1. The van der Waals surface area contributed by atoms with Crippen LogP contribution in [-0.2, 0) is 0 Å². The third-order valence-corrected chi connectivity index (χ3v) is 3.95. The fourth-order valence-corrected chi connectivity index (χ4v) is 2.93. The summed E-state index contributed by atoms with van der Waals surface area (Å²) < 4.78 is 5.75. The van der Waals surface area contributed by atoms with E-state index in [4.69, 9.17) is 10.5 Å². The minimum absolute atomic E-state index is 0.00236. The molecular weight excluding hydrogens is 290 g/mol. The van der Waals surface area contributed by atoms with Crippen molar-refractivity contribution in [3.8, 4) is 5.75 Å². The van der Waals surface area contributed by atoms with Gasteiger partial charge in [0.15, 0.2) is 0 Å². The first-order valence-corrected chi connectivity index (χ1v) is 7.89. The molecule has 1 aromatic carbocycles. The number of carbonyl (C=O) groups excluding carboxylic acids is 1. The number of fused-ring (bicyclic) bond motifs is 3. The van der Waals surface area contributed by atoms with Gasteiger partial charge >= 0.3 is 0 Å². The number of amides is 1. The van der Waals surface area contributed by atoms with Crippen LogP contribution in [0.15, 0.2) is 40.5 Å². The Labute approximate surface area is 136 Å². The molecule has 23 heavy (non-hydrogen) atoms. The molecule has 0 aromatic heterocycles. The molecule has 0 aliphatic carbocycles. The zero-order valence-electron chi connectivity index (χ0n) is 13.4. The molecule has 1 aromatic rings. The van der Waals surface area contributed by atoms with Crippen LogP contribution in [0, 0.1) is 5.92 Å². The van der Waals surface area contributed by atoms with Crippen molar-refractivity contribution < 1.29 is 9.53 Å². The predicted molar refractivity (Wildman–Crippen MR) is 91.5 cm³/mol. The maximum absolute atomic E-state index is 12.2. The summed E-state index contributed by atoms with van der Waals surface area (Å²) in [5.41, 5.74) is 8.27.